The zero-order valence-electron chi connectivity index (χ0n) is 17.9. The number of piperazine rings is 1. The van der Waals surface area contributed by atoms with Crippen molar-refractivity contribution in [2.24, 2.45) is 0 Å². The van der Waals surface area contributed by atoms with Crippen molar-refractivity contribution in [3.63, 3.8) is 0 Å². The maximum atomic E-state index is 12.4. The zero-order chi connectivity index (χ0) is 21.7. The molecule has 0 aliphatic carbocycles. The van der Waals surface area contributed by atoms with Gasteiger partial charge in [0.05, 0.1) is 0 Å². The van der Waals surface area contributed by atoms with Crippen LogP contribution in [0.25, 0.3) is 0 Å². The molecule has 0 atom stereocenters. The first kappa shape index (κ1) is 22.6. The van der Waals surface area contributed by atoms with E-state index in [2.05, 4.69) is 10.2 Å². The number of carbonyl (C=O) groups is 2. The maximum Gasteiger partial charge on any atom is 0.407 e. The molecule has 0 unspecified atom stereocenters. The first-order chi connectivity index (χ1) is 15.2. The highest BCUT2D eigenvalue weighted by atomic mass is 16.5. The predicted molar refractivity (Wildman–Crippen MR) is 119 cm³/mol. The number of nitrogens with one attached hydrogen (secondary N) is 1. The molecule has 1 aliphatic rings. The fourth-order valence-electron chi connectivity index (χ4n) is 3.39. The van der Waals surface area contributed by atoms with Gasteiger partial charge in [-0.15, -0.1) is 0 Å². The molecular weight excluding hydrogens is 394 g/mol. The van der Waals surface area contributed by atoms with Gasteiger partial charge < -0.3 is 19.7 Å². The van der Waals surface area contributed by atoms with Gasteiger partial charge in [0, 0.05) is 45.7 Å². The van der Waals surface area contributed by atoms with Crippen molar-refractivity contribution in [3.8, 4) is 5.75 Å². The normalized spacial score (nSPS) is 14.1. The molecule has 2 amide bonds. The highest BCUT2D eigenvalue weighted by molar-refractivity contribution is 5.76. The lowest BCUT2D eigenvalue weighted by Crippen LogP contribution is -2.49. The molecule has 31 heavy (non-hydrogen) atoms. The van der Waals surface area contributed by atoms with Gasteiger partial charge >= 0.3 is 6.09 Å². The van der Waals surface area contributed by atoms with Gasteiger partial charge in [0.15, 0.2) is 0 Å². The van der Waals surface area contributed by atoms with Crippen molar-refractivity contribution in [2.75, 3.05) is 45.9 Å². The fraction of sp³-hybridized carbons (Fsp3) is 0.417. The van der Waals surface area contributed by atoms with Gasteiger partial charge in [-0.1, -0.05) is 48.5 Å². The van der Waals surface area contributed by atoms with Gasteiger partial charge in [-0.25, -0.2) is 4.79 Å². The largest absolute Gasteiger partial charge is 0.492 e. The fourth-order valence-corrected chi connectivity index (χ4v) is 3.39. The quantitative estimate of drug-likeness (QED) is 0.593. The van der Waals surface area contributed by atoms with E-state index in [1.54, 1.807) is 0 Å². The third-order valence-electron chi connectivity index (χ3n) is 5.19. The molecule has 0 saturated carbocycles. The van der Waals surface area contributed by atoms with E-state index in [1.165, 1.54) is 0 Å². The van der Waals surface area contributed by atoms with Gasteiger partial charge in [-0.3, -0.25) is 9.69 Å². The summed E-state index contributed by atoms with van der Waals surface area (Å²) in [6.45, 7) is 5.34. The number of hydrogen-bond donors (Lipinski definition) is 1. The van der Waals surface area contributed by atoms with Gasteiger partial charge in [0.1, 0.15) is 19.0 Å². The van der Waals surface area contributed by atoms with E-state index in [-0.39, 0.29) is 12.5 Å². The summed E-state index contributed by atoms with van der Waals surface area (Å²) in [4.78, 5) is 28.4. The van der Waals surface area contributed by atoms with E-state index in [0.29, 0.717) is 26.0 Å². The van der Waals surface area contributed by atoms with Crippen molar-refractivity contribution in [1.82, 2.24) is 15.1 Å². The summed E-state index contributed by atoms with van der Waals surface area (Å²) in [7, 11) is 0. The summed E-state index contributed by atoms with van der Waals surface area (Å²) in [5, 5.41) is 2.70. The molecule has 1 heterocycles. The third kappa shape index (κ3) is 8.30. The molecule has 1 aliphatic heterocycles. The first-order valence-electron chi connectivity index (χ1n) is 10.8. The minimum atomic E-state index is -0.456. The Hall–Kier alpha value is -3.06. The van der Waals surface area contributed by atoms with Crippen LogP contribution in [0.5, 0.6) is 5.75 Å². The number of amides is 2. The van der Waals surface area contributed by atoms with Gasteiger partial charge in [0.2, 0.25) is 5.91 Å². The summed E-state index contributed by atoms with van der Waals surface area (Å²) in [5.41, 5.74) is 0.943. The van der Waals surface area contributed by atoms with Crippen LogP contribution in [0, 0.1) is 0 Å². The minimum Gasteiger partial charge on any atom is -0.492 e. The Balaban J connectivity index is 1.22. The van der Waals surface area contributed by atoms with Crippen LogP contribution in [0.15, 0.2) is 60.7 Å². The van der Waals surface area contributed by atoms with Crippen LogP contribution < -0.4 is 10.1 Å². The third-order valence-corrected chi connectivity index (χ3v) is 5.19. The number of alkyl carbamates (subject to hydrolysis) is 1. The highest BCUT2D eigenvalue weighted by Gasteiger charge is 2.20. The van der Waals surface area contributed by atoms with Crippen molar-refractivity contribution in [2.45, 2.75) is 19.4 Å². The lowest BCUT2D eigenvalue weighted by Gasteiger charge is -2.34. The van der Waals surface area contributed by atoms with Crippen molar-refractivity contribution >= 4 is 12.0 Å². The lowest BCUT2D eigenvalue weighted by molar-refractivity contribution is -0.133. The second-order valence-electron chi connectivity index (χ2n) is 7.48. The first-order valence-corrected chi connectivity index (χ1v) is 10.8. The van der Waals surface area contributed by atoms with Gasteiger partial charge in [-0.2, -0.15) is 0 Å². The number of para-hydroxylation sites is 1. The van der Waals surface area contributed by atoms with E-state index in [0.717, 1.165) is 44.0 Å². The van der Waals surface area contributed by atoms with Crippen molar-refractivity contribution in [1.29, 1.82) is 0 Å². The van der Waals surface area contributed by atoms with Crippen LogP contribution in [-0.2, 0) is 16.1 Å². The Morgan fingerprint density at radius 3 is 2.29 bits per heavy atom. The Labute approximate surface area is 183 Å². The van der Waals surface area contributed by atoms with E-state index in [4.69, 9.17) is 9.47 Å². The smallest absolute Gasteiger partial charge is 0.407 e. The second kappa shape index (κ2) is 12.6. The molecule has 0 spiro atoms. The molecule has 7 nitrogen and oxygen atoms in total. The monoisotopic (exact) mass is 425 g/mol. The number of hydrogen-bond acceptors (Lipinski definition) is 5. The van der Waals surface area contributed by atoms with Crippen LogP contribution in [0.2, 0.25) is 0 Å². The summed E-state index contributed by atoms with van der Waals surface area (Å²) in [5.74, 6) is 1.02. The molecule has 0 aromatic heterocycles. The van der Waals surface area contributed by atoms with E-state index in [1.807, 2.05) is 65.6 Å². The van der Waals surface area contributed by atoms with Crippen LogP contribution in [0.4, 0.5) is 4.79 Å². The molecule has 166 valence electrons. The molecule has 2 aromatic rings. The molecule has 1 N–H and O–H groups in total. The second-order valence-corrected chi connectivity index (χ2v) is 7.48. The number of rotatable bonds is 10. The number of carbonyl (C=O) groups excluding carboxylic acids is 2. The molecule has 0 radical (unpaired) electrons. The standard InChI is InChI=1S/C24H31N3O4/c28-23(12-7-13-25-24(29)31-20-21-8-3-1-4-9-21)27-16-14-26(15-17-27)18-19-30-22-10-5-2-6-11-22/h1-6,8-11H,7,12-20H2,(H,25,29). The van der Waals surface area contributed by atoms with Gasteiger partial charge in [0.25, 0.3) is 0 Å². The average molecular weight is 426 g/mol. The maximum absolute atomic E-state index is 12.4. The molecule has 3 rings (SSSR count). The Morgan fingerprint density at radius 1 is 0.903 bits per heavy atom. The number of benzene rings is 2. The SMILES string of the molecule is O=C(NCCCC(=O)N1CCN(CCOc2ccccc2)CC1)OCc1ccccc1. The van der Waals surface area contributed by atoms with Crippen LogP contribution in [-0.4, -0.2) is 67.7 Å². The molecule has 0 bridgehead atoms. The van der Waals surface area contributed by atoms with E-state index in [9.17, 15) is 9.59 Å². The van der Waals surface area contributed by atoms with E-state index >= 15 is 0 Å². The molecule has 1 fully saturated rings. The number of ether oxygens (including phenoxy) is 2. The summed E-state index contributed by atoms with van der Waals surface area (Å²) in [6, 6.07) is 19.3. The average Bonchev–Trinajstić information content (AvgIpc) is 2.82. The lowest BCUT2D eigenvalue weighted by atomic mass is 10.2. The molecule has 2 aromatic carbocycles. The Bertz CT molecular complexity index is 793. The molecule has 1 saturated heterocycles. The van der Waals surface area contributed by atoms with Crippen molar-refractivity contribution in [3.05, 3.63) is 66.2 Å². The van der Waals surface area contributed by atoms with Crippen LogP contribution >= 0.6 is 0 Å². The molecule has 7 heteroatoms. The minimum absolute atomic E-state index is 0.139. The summed E-state index contributed by atoms with van der Waals surface area (Å²) >= 11 is 0. The summed E-state index contributed by atoms with van der Waals surface area (Å²) < 4.78 is 10.9. The van der Waals surface area contributed by atoms with Gasteiger partial charge in [-0.05, 0) is 24.1 Å². The highest BCUT2D eigenvalue weighted by Crippen LogP contribution is 2.09. The zero-order valence-corrected chi connectivity index (χ0v) is 17.9. The van der Waals surface area contributed by atoms with Crippen LogP contribution in [0.1, 0.15) is 18.4 Å². The Morgan fingerprint density at radius 2 is 1.58 bits per heavy atom. The number of nitrogens with zero attached hydrogens (tertiary/aromatic N) is 2. The predicted octanol–water partition coefficient (Wildman–Crippen LogP) is 2.92. The summed E-state index contributed by atoms with van der Waals surface area (Å²) in [6.07, 6.45) is 0.572. The topological polar surface area (TPSA) is 71.1 Å². The van der Waals surface area contributed by atoms with Crippen molar-refractivity contribution < 1.29 is 19.1 Å². The molecular formula is C24H31N3O4. The van der Waals surface area contributed by atoms with E-state index < -0.39 is 6.09 Å². The van der Waals surface area contributed by atoms with Crippen LogP contribution in [0.3, 0.4) is 0 Å². The Kier molecular flexibility index (Phi) is 9.19.